The van der Waals surface area contributed by atoms with Crippen LogP contribution in [0.3, 0.4) is 0 Å². The van der Waals surface area contributed by atoms with E-state index < -0.39 is 11.1 Å². The van der Waals surface area contributed by atoms with Crippen LogP contribution in [0.25, 0.3) is 0 Å². The first-order valence-corrected chi connectivity index (χ1v) is 5.17. The fourth-order valence-corrected chi connectivity index (χ4v) is 2.61. The third-order valence-electron chi connectivity index (χ3n) is 2.65. The SMILES string of the molecule is NCC1(c2ccc(C(F)(F)F)s2)CC1. The summed E-state index contributed by atoms with van der Waals surface area (Å²) >= 11 is 0.829. The van der Waals surface area contributed by atoms with Crippen LogP contribution in [-0.4, -0.2) is 6.54 Å². The van der Waals surface area contributed by atoms with Gasteiger partial charge in [0.25, 0.3) is 0 Å². The first-order valence-electron chi connectivity index (χ1n) is 4.35. The molecule has 0 unspecified atom stereocenters. The second-order valence-electron chi connectivity index (χ2n) is 3.65. The summed E-state index contributed by atoms with van der Waals surface area (Å²) in [6.45, 7) is 0.449. The minimum Gasteiger partial charge on any atom is -0.330 e. The molecule has 0 spiro atoms. The third-order valence-corrected chi connectivity index (χ3v) is 4.03. The molecular formula is C9H10F3NS. The van der Waals surface area contributed by atoms with Gasteiger partial charge in [0, 0.05) is 16.8 Å². The van der Waals surface area contributed by atoms with Gasteiger partial charge >= 0.3 is 6.18 Å². The standard InChI is InChI=1S/C9H10F3NS/c10-9(11,12)7-2-1-6(14-7)8(5-13)3-4-8/h1-2H,3-5,13H2. The Morgan fingerprint density at radius 1 is 1.36 bits per heavy atom. The molecule has 1 heterocycles. The topological polar surface area (TPSA) is 26.0 Å². The van der Waals surface area contributed by atoms with E-state index in [-0.39, 0.29) is 5.41 Å². The lowest BCUT2D eigenvalue weighted by atomic mass is 10.1. The van der Waals surface area contributed by atoms with Gasteiger partial charge in [-0.25, -0.2) is 0 Å². The normalized spacial score (nSPS) is 19.7. The van der Waals surface area contributed by atoms with E-state index in [9.17, 15) is 13.2 Å². The molecule has 2 rings (SSSR count). The summed E-state index contributed by atoms with van der Waals surface area (Å²) in [4.78, 5) is 0.263. The highest BCUT2D eigenvalue weighted by Gasteiger charge is 2.45. The van der Waals surface area contributed by atoms with Crippen molar-refractivity contribution in [3.8, 4) is 0 Å². The average Bonchev–Trinajstić information content (AvgIpc) is 2.73. The zero-order chi connectivity index (χ0) is 10.4. The summed E-state index contributed by atoms with van der Waals surface area (Å²) in [7, 11) is 0. The van der Waals surface area contributed by atoms with E-state index >= 15 is 0 Å². The van der Waals surface area contributed by atoms with Crippen molar-refractivity contribution in [3.63, 3.8) is 0 Å². The number of hydrogen-bond donors (Lipinski definition) is 1. The third kappa shape index (κ3) is 1.54. The van der Waals surface area contributed by atoms with Crippen LogP contribution in [0.4, 0.5) is 13.2 Å². The summed E-state index contributed by atoms with van der Waals surface area (Å²) in [5.41, 5.74) is 5.41. The zero-order valence-electron chi connectivity index (χ0n) is 7.40. The first-order chi connectivity index (χ1) is 6.48. The Kier molecular flexibility index (Phi) is 2.12. The molecule has 0 amide bonds. The van der Waals surface area contributed by atoms with Crippen LogP contribution in [0.15, 0.2) is 12.1 Å². The number of rotatable bonds is 2. The van der Waals surface area contributed by atoms with Gasteiger partial charge in [-0.3, -0.25) is 0 Å². The van der Waals surface area contributed by atoms with E-state index in [1.807, 2.05) is 0 Å². The molecule has 1 saturated carbocycles. The molecule has 0 atom stereocenters. The second-order valence-corrected chi connectivity index (χ2v) is 4.73. The van der Waals surface area contributed by atoms with E-state index in [1.54, 1.807) is 6.07 Å². The smallest absolute Gasteiger partial charge is 0.330 e. The van der Waals surface area contributed by atoms with Gasteiger partial charge in [-0.2, -0.15) is 13.2 Å². The summed E-state index contributed by atoms with van der Waals surface area (Å²) < 4.78 is 36.9. The first kappa shape index (κ1) is 9.98. The minimum atomic E-state index is -4.21. The molecule has 1 aromatic rings. The molecule has 1 aromatic heterocycles. The number of halogens is 3. The molecule has 14 heavy (non-hydrogen) atoms. The second kappa shape index (κ2) is 2.97. The Balaban J connectivity index is 2.27. The van der Waals surface area contributed by atoms with Crippen molar-refractivity contribution in [2.24, 2.45) is 5.73 Å². The van der Waals surface area contributed by atoms with Crippen molar-refractivity contribution >= 4 is 11.3 Å². The molecule has 1 fully saturated rings. The van der Waals surface area contributed by atoms with Gasteiger partial charge in [0.1, 0.15) is 4.88 Å². The highest BCUT2D eigenvalue weighted by Crippen LogP contribution is 2.51. The van der Waals surface area contributed by atoms with Crippen LogP contribution >= 0.6 is 11.3 Å². The van der Waals surface area contributed by atoms with Crippen LogP contribution in [-0.2, 0) is 11.6 Å². The average molecular weight is 221 g/mol. The number of hydrogen-bond acceptors (Lipinski definition) is 2. The molecule has 0 radical (unpaired) electrons. The largest absolute Gasteiger partial charge is 0.425 e. The van der Waals surface area contributed by atoms with Gasteiger partial charge < -0.3 is 5.73 Å². The monoisotopic (exact) mass is 221 g/mol. The minimum absolute atomic E-state index is 0.131. The molecule has 0 bridgehead atoms. The maximum absolute atomic E-state index is 12.3. The Bertz CT molecular complexity index is 338. The fraction of sp³-hybridized carbons (Fsp3) is 0.556. The molecule has 2 N–H and O–H groups in total. The number of thiophene rings is 1. The van der Waals surface area contributed by atoms with Crippen molar-refractivity contribution in [2.75, 3.05) is 6.54 Å². The molecule has 1 aliphatic rings. The Morgan fingerprint density at radius 2 is 2.00 bits per heavy atom. The van der Waals surface area contributed by atoms with Gasteiger partial charge in [0.05, 0.1) is 0 Å². The van der Waals surface area contributed by atoms with Crippen LogP contribution in [0.1, 0.15) is 22.6 Å². The Labute approximate surface area is 83.7 Å². The highest BCUT2D eigenvalue weighted by atomic mass is 32.1. The molecular weight excluding hydrogens is 211 g/mol. The van der Waals surface area contributed by atoms with Crippen LogP contribution < -0.4 is 5.73 Å². The van der Waals surface area contributed by atoms with E-state index in [2.05, 4.69) is 0 Å². The van der Waals surface area contributed by atoms with Crippen molar-refractivity contribution in [1.82, 2.24) is 0 Å². The van der Waals surface area contributed by atoms with E-state index in [0.717, 1.165) is 35.1 Å². The Morgan fingerprint density at radius 3 is 2.36 bits per heavy atom. The van der Waals surface area contributed by atoms with Gasteiger partial charge in [-0.15, -0.1) is 11.3 Å². The molecule has 78 valence electrons. The molecule has 0 aliphatic heterocycles. The molecule has 5 heteroatoms. The van der Waals surface area contributed by atoms with Crippen molar-refractivity contribution in [1.29, 1.82) is 0 Å². The lowest BCUT2D eigenvalue weighted by molar-refractivity contribution is -0.134. The van der Waals surface area contributed by atoms with Crippen LogP contribution in [0.2, 0.25) is 0 Å². The van der Waals surface area contributed by atoms with Crippen LogP contribution in [0, 0.1) is 0 Å². The lowest BCUT2D eigenvalue weighted by Crippen LogP contribution is -2.18. The molecule has 0 aromatic carbocycles. The van der Waals surface area contributed by atoms with E-state index in [4.69, 9.17) is 5.73 Å². The summed E-state index contributed by atoms with van der Waals surface area (Å²) in [5.74, 6) is 0. The number of alkyl halides is 3. The zero-order valence-corrected chi connectivity index (χ0v) is 8.21. The lowest BCUT2D eigenvalue weighted by Gasteiger charge is -2.08. The maximum atomic E-state index is 12.3. The van der Waals surface area contributed by atoms with Crippen molar-refractivity contribution in [3.05, 3.63) is 21.9 Å². The van der Waals surface area contributed by atoms with Crippen LogP contribution in [0.5, 0.6) is 0 Å². The van der Waals surface area contributed by atoms with Crippen molar-refractivity contribution in [2.45, 2.75) is 24.4 Å². The van der Waals surface area contributed by atoms with Gasteiger partial charge in [0.2, 0.25) is 0 Å². The highest BCUT2D eigenvalue weighted by molar-refractivity contribution is 7.12. The van der Waals surface area contributed by atoms with E-state index in [1.165, 1.54) is 0 Å². The summed E-state index contributed by atoms with van der Waals surface area (Å²) in [6, 6.07) is 2.71. The predicted molar refractivity (Wildman–Crippen MR) is 49.3 cm³/mol. The molecule has 0 saturated heterocycles. The van der Waals surface area contributed by atoms with Gasteiger partial charge in [-0.05, 0) is 25.0 Å². The van der Waals surface area contributed by atoms with Gasteiger partial charge in [-0.1, -0.05) is 0 Å². The van der Waals surface area contributed by atoms with E-state index in [0.29, 0.717) is 6.54 Å². The number of nitrogens with two attached hydrogens (primary N) is 1. The molecule has 1 nitrogen and oxygen atoms in total. The van der Waals surface area contributed by atoms with Crippen molar-refractivity contribution < 1.29 is 13.2 Å². The quantitative estimate of drug-likeness (QED) is 0.816. The summed E-state index contributed by atoms with van der Waals surface area (Å²) in [5, 5.41) is 0. The maximum Gasteiger partial charge on any atom is 0.425 e. The fourth-order valence-electron chi connectivity index (χ4n) is 1.48. The summed E-state index contributed by atoms with van der Waals surface area (Å²) in [6.07, 6.45) is -2.38. The Hall–Kier alpha value is -0.550. The van der Waals surface area contributed by atoms with Gasteiger partial charge in [0.15, 0.2) is 0 Å². The predicted octanol–water partition coefficient (Wildman–Crippen LogP) is 2.76. The molecule has 1 aliphatic carbocycles.